The van der Waals surface area contributed by atoms with Crippen LogP contribution in [0.4, 0.5) is 0 Å². The van der Waals surface area contributed by atoms with Crippen LogP contribution < -0.4 is 9.47 Å². The van der Waals surface area contributed by atoms with Crippen molar-refractivity contribution in [3.05, 3.63) is 23.8 Å². The molecule has 1 aromatic carbocycles. The van der Waals surface area contributed by atoms with E-state index in [0.717, 1.165) is 12.0 Å². The van der Waals surface area contributed by atoms with Gasteiger partial charge in [-0.2, -0.15) is 0 Å². The highest BCUT2D eigenvalue weighted by molar-refractivity contribution is 5.98. The number of oxime groups is 1. The Morgan fingerprint density at radius 2 is 2.11 bits per heavy atom. The number of methoxy groups -OCH3 is 1. The third-order valence-electron chi connectivity index (χ3n) is 2.95. The fourth-order valence-corrected chi connectivity index (χ4v) is 1.42. The van der Waals surface area contributed by atoms with Crippen LogP contribution in [-0.2, 0) is 0 Å². The lowest BCUT2D eigenvalue weighted by Crippen LogP contribution is -2.08. The normalized spacial score (nSPS) is 13.2. The van der Waals surface area contributed by atoms with Crippen molar-refractivity contribution in [2.24, 2.45) is 11.1 Å². The quantitative estimate of drug-likeness (QED) is 0.479. The van der Waals surface area contributed by atoms with E-state index in [1.807, 2.05) is 12.1 Å². The molecular formula is C14H21NO3. The van der Waals surface area contributed by atoms with Crippen LogP contribution in [-0.4, -0.2) is 24.6 Å². The molecule has 0 aromatic heterocycles. The highest BCUT2D eigenvalue weighted by Gasteiger charge is 2.09. The van der Waals surface area contributed by atoms with E-state index in [1.54, 1.807) is 20.1 Å². The first-order valence-corrected chi connectivity index (χ1v) is 6.12. The van der Waals surface area contributed by atoms with Gasteiger partial charge in [0.1, 0.15) is 0 Å². The first-order chi connectivity index (χ1) is 8.62. The summed E-state index contributed by atoms with van der Waals surface area (Å²) in [5.41, 5.74) is 1.35. The SMILES string of the molecule is CCC(C)COc1ccc(C(C)=NO)cc1OC. The monoisotopic (exact) mass is 251 g/mol. The second kappa shape index (κ2) is 6.89. The summed E-state index contributed by atoms with van der Waals surface area (Å²) in [5.74, 6) is 1.88. The molecule has 0 saturated carbocycles. The molecule has 0 aliphatic heterocycles. The van der Waals surface area contributed by atoms with Gasteiger partial charge in [-0.3, -0.25) is 0 Å². The summed E-state index contributed by atoms with van der Waals surface area (Å²) in [7, 11) is 1.60. The van der Waals surface area contributed by atoms with E-state index in [0.29, 0.717) is 29.7 Å². The summed E-state index contributed by atoms with van der Waals surface area (Å²) >= 11 is 0. The maximum atomic E-state index is 8.75. The molecule has 1 unspecified atom stereocenters. The van der Waals surface area contributed by atoms with Gasteiger partial charge in [-0.1, -0.05) is 25.4 Å². The molecule has 0 aliphatic carbocycles. The maximum absolute atomic E-state index is 8.75. The molecule has 0 spiro atoms. The van der Waals surface area contributed by atoms with Crippen LogP contribution in [0.15, 0.2) is 23.4 Å². The molecule has 0 aliphatic rings. The number of hydrogen-bond donors (Lipinski definition) is 1. The van der Waals surface area contributed by atoms with E-state index in [2.05, 4.69) is 19.0 Å². The summed E-state index contributed by atoms with van der Waals surface area (Å²) in [6.07, 6.45) is 1.08. The molecule has 1 N–H and O–H groups in total. The van der Waals surface area contributed by atoms with Crippen molar-refractivity contribution < 1.29 is 14.7 Å². The van der Waals surface area contributed by atoms with Gasteiger partial charge in [0.2, 0.25) is 0 Å². The van der Waals surface area contributed by atoms with Crippen LogP contribution in [0.5, 0.6) is 11.5 Å². The lowest BCUT2D eigenvalue weighted by molar-refractivity contribution is 0.244. The zero-order valence-electron chi connectivity index (χ0n) is 11.4. The topological polar surface area (TPSA) is 51.0 Å². The lowest BCUT2D eigenvalue weighted by atomic mass is 10.1. The van der Waals surface area contributed by atoms with Gasteiger partial charge in [0.25, 0.3) is 0 Å². The standard InChI is InChI=1S/C14H21NO3/c1-5-10(2)9-18-13-7-6-12(11(3)15-16)8-14(13)17-4/h6-8,10,16H,5,9H2,1-4H3. The van der Waals surface area contributed by atoms with Crippen LogP contribution in [0.25, 0.3) is 0 Å². The van der Waals surface area contributed by atoms with E-state index < -0.39 is 0 Å². The number of nitrogens with zero attached hydrogens (tertiary/aromatic N) is 1. The Bertz CT molecular complexity index is 416. The minimum Gasteiger partial charge on any atom is -0.493 e. The Morgan fingerprint density at radius 3 is 2.67 bits per heavy atom. The zero-order valence-corrected chi connectivity index (χ0v) is 11.4. The molecule has 4 nitrogen and oxygen atoms in total. The van der Waals surface area contributed by atoms with E-state index in [9.17, 15) is 0 Å². The van der Waals surface area contributed by atoms with Crippen LogP contribution in [0.1, 0.15) is 32.8 Å². The molecule has 0 radical (unpaired) electrons. The zero-order chi connectivity index (χ0) is 13.5. The fraction of sp³-hybridized carbons (Fsp3) is 0.500. The van der Waals surface area contributed by atoms with Gasteiger partial charge in [-0.15, -0.1) is 0 Å². The molecular weight excluding hydrogens is 230 g/mol. The predicted molar refractivity (Wildman–Crippen MR) is 71.9 cm³/mol. The minimum absolute atomic E-state index is 0.509. The Balaban J connectivity index is 2.87. The maximum Gasteiger partial charge on any atom is 0.161 e. The number of rotatable bonds is 6. The Morgan fingerprint density at radius 1 is 1.39 bits per heavy atom. The second-order valence-electron chi connectivity index (χ2n) is 4.38. The first-order valence-electron chi connectivity index (χ1n) is 6.12. The van der Waals surface area contributed by atoms with Crippen LogP contribution in [0, 0.1) is 5.92 Å². The summed E-state index contributed by atoms with van der Waals surface area (Å²) in [6, 6.07) is 5.50. The molecule has 0 bridgehead atoms. The van der Waals surface area contributed by atoms with Crippen molar-refractivity contribution in [1.29, 1.82) is 0 Å². The highest BCUT2D eigenvalue weighted by Crippen LogP contribution is 2.28. The molecule has 0 amide bonds. The third kappa shape index (κ3) is 3.65. The van der Waals surface area contributed by atoms with Crippen molar-refractivity contribution in [2.45, 2.75) is 27.2 Å². The van der Waals surface area contributed by atoms with Crippen LogP contribution in [0.3, 0.4) is 0 Å². The minimum atomic E-state index is 0.509. The third-order valence-corrected chi connectivity index (χ3v) is 2.95. The molecule has 4 heteroatoms. The molecule has 0 saturated heterocycles. The van der Waals surface area contributed by atoms with Gasteiger partial charge in [0.05, 0.1) is 19.4 Å². The van der Waals surface area contributed by atoms with E-state index >= 15 is 0 Å². The molecule has 100 valence electrons. The average Bonchev–Trinajstić information content (AvgIpc) is 2.43. The fourth-order valence-electron chi connectivity index (χ4n) is 1.42. The van der Waals surface area contributed by atoms with E-state index in [1.165, 1.54) is 0 Å². The molecule has 1 atom stereocenters. The second-order valence-corrected chi connectivity index (χ2v) is 4.38. The lowest BCUT2D eigenvalue weighted by Gasteiger charge is -2.14. The summed E-state index contributed by atoms with van der Waals surface area (Å²) < 4.78 is 11.0. The van der Waals surface area contributed by atoms with Crippen molar-refractivity contribution in [1.82, 2.24) is 0 Å². The molecule has 1 aromatic rings. The van der Waals surface area contributed by atoms with Crippen LogP contribution >= 0.6 is 0 Å². The summed E-state index contributed by atoms with van der Waals surface area (Å²) in [4.78, 5) is 0. The molecule has 1 rings (SSSR count). The van der Waals surface area contributed by atoms with Gasteiger partial charge < -0.3 is 14.7 Å². The van der Waals surface area contributed by atoms with Gasteiger partial charge in [-0.25, -0.2) is 0 Å². The Labute approximate surface area is 108 Å². The largest absolute Gasteiger partial charge is 0.493 e. The van der Waals surface area contributed by atoms with E-state index in [-0.39, 0.29) is 0 Å². The van der Waals surface area contributed by atoms with Gasteiger partial charge in [0.15, 0.2) is 11.5 Å². The van der Waals surface area contributed by atoms with Gasteiger partial charge >= 0.3 is 0 Å². The predicted octanol–water partition coefficient (Wildman–Crippen LogP) is 3.32. The first kappa shape index (κ1) is 14.4. The summed E-state index contributed by atoms with van der Waals surface area (Å²) in [5, 5.41) is 11.9. The van der Waals surface area contributed by atoms with Crippen molar-refractivity contribution in [3.8, 4) is 11.5 Å². The Hall–Kier alpha value is -1.71. The average molecular weight is 251 g/mol. The number of ether oxygens (including phenoxy) is 2. The number of benzene rings is 1. The molecule has 0 heterocycles. The molecule has 0 fully saturated rings. The molecule has 18 heavy (non-hydrogen) atoms. The smallest absolute Gasteiger partial charge is 0.161 e. The van der Waals surface area contributed by atoms with Crippen LogP contribution in [0.2, 0.25) is 0 Å². The van der Waals surface area contributed by atoms with Gasteiger partial charge in [-0.05, 0) is 31.0 Å². The van der Waals surface area contributed by atoms with Crippen molar-refractivity contribution in [3.63, 3.8) is 0 Å². The van der Waals surface area contributed by atoms with Gasteiger partial charge in [0, 0.05) is 5.56 Å². The number of hydrogen-bond acceptors (Lipinski definition) is 4. The Kier molecular flexibility index (Phi) is 5.49. The van der Waals surface area contributed by atoms with Crippen molar-refractivity contribution in [2.75, 3.05) is 13.7 Å². The van der Waals surface area contributed by atoms with Crippen molar-refractivity contribution >= 4 is 5.71 Å². The van der Waals surface area contributed by atoms with E-state index in [4.69, 9.17) is 14.7 Å². The highest BCUT2D eigenvalue weighted by atomic mass is 16.5. The summed E-state index contributed by atoms with van der Waals surface area (Å²) in [6.45, 7) is 6.67.